The number of hydrogen-bond acceptors (Lipinski definition) is 2. The van der Waals surface area contributed by atoms with Crippen LogP contribution in [0.15, 0.2) is 42.6 Å². The Morgan fingerprint density at radius 1 is 1.13 bits per heavy atom. The summed E-state index contributed by atoms with van der Waals surface area (Å²) in [7, 11) is 0. The Morgan fingerprint density at radius 2 is 1.87 bits per heavy atom. The summed E-state index contributed by atoms with van der Waals surface area (Å²) >= 11 is 0. The smallest absolute Gasteiger partial charge is 0.318 e. The second kappa shape index (κ2) is 7.78. The van der Waals surface area contributed by atoms with E-state index in [1.807, 2.05) is 39.1 Å². The molecule has 3 amide bonds. The second-order valence-electron chi connectivity index (χ2n) is 9.18. The molecular formula is C23H29FN4O2. The van der Waals surface area contributed by atoms with Crippen LogP contribution in [0.2, 0.25) is 0 Å². The Morgan fingerprint density at radius 3 is 2.53 bits per heavy atom. The summed E-state index contributed by atoms with van der Waals surface area (Å²) < 4.78 is 16.8. The van der Waals surface area contributed by atoms with Crippen LogP contribution in [0, 0.1) is 5.82 Å². The van der Waals surface area contributed by atoms with Gasteiger partial charge in [0.05, 0.1) is 0 Å². The average Bonchev–Trinajstić information content (AvgIpc) is 3.40. The van der Waals surface area contributed by atoms with Crippen LogP contribution in [0.5, 0.6) is 0 Å². The van der Waals surface area contributed by atoms with Gasteiger partial charge in [-0.1, -0.05) is 18.2 Å². The molecule has 0 unspecified atom stereocenters. The molecule has 0 bridgehead atoms. The Labute approximate surface area is 176 Å². The molecule has 1 saturated carbocycles. The van der Waals surface area contributed by atoms with Crippen LogP contribution in [0.25, 0.3) is 0 Å². The highest BCUT2D eigenvalue weighted by Gasteiger charge is 2.39. The van der Waals surface area contributed by atoms with E-state index in [1.54, 1.807) is 28.0 Å². The fourth-order valence-electron chi connectivity index (χ4n) is 4.06. The lowest BCUT2D eigenvalue weighted by Crippen LogP contribution is -2.53. The highest BCUT2D eigenvalue weighted by molar-refractivity contribution is 5.85. The molecule has 1 atom stereocenters. The number of nitrogens with one attached hydrogen (secondary N) is 1. The molecule has 1 aromatic carbocycles. The molecule has 2 heterocycles. The lowest BCUT2D eigenvalue weighted by molar-refractivity contribution is -0.134. The van der Waals surface area contributed by atoms with E-state index < -0.39 is 6.04 Å². The van der Waals surface area contributed by atoms with Gasteiger partial charge >= 0.3 is 6.03 Å². The topological polar surface area (TPSA) is 57.6 Å². The van der Waals surface area contributed by atoms with E-state index in [2.05, 4.69) is 9.88 Å². The number of benzene rings is 1. The van der Waals surface area contributed by atoms with Crippen molar-refractivity contribution >= 4 is 11.9 Å². The van der Waals surface area contributed by atoms with Crippen molar-refractivity contribution in [3.63, 3.8) is 0 Å². The van der Waals surface area contributed by atoms with Gasteiger partial charge in [-0.25, -0.2) is 9.18 Å². The minimum absolute atomic E-state index is 0.00174. The molecule has 7 heteroatoms. The van der Waals surface area contributed by atoms with Crippen molar-refractivity contribution < 1.29 is 14.0 Å². The number of amides is 3. The number of aromatic nitrogens is 1. The highest BCUT2D eigenvalue weighted by atomic mass is 19.1. The van der Waals surface area contributed by atoms with Crippen LogP contribution in [-0.4, -0.2) is 51.0 Å². The number of carbonyl (C=O) groups is 2. The van der Waals surface area contributed by atoms with E-state index in [-0.39, 0.29) is 35.9 Å². The maximum Gasteiger partial charge on any atom is 0.318 e. The van der Waals surface area contributed by atoms with E-state index >= 15 is 0 Å². The summed E-state index contributed by atoms with van der Waals surface area (Å²) in [5, 5.41) is 2.96. The summed E-state index contributed by atoms with van der Waals surface area (Å²) in [5.41, 5.74) is 0.981. The normalized spacial score (nSPS) is 18.7. The number of nitrogens with zero attached hydrogens (tertiary/aromatic N) is 3. The van der Waals surface area contributed by atoms with Gasteiger partial charge < -0.3 is 19.7 Å². The number of urea groups is 1. The Balaban J connectivity index is 1.60. The quantitative estimate of drug-likeness (QED) is 0.835. The van der Waals surface area contributed by atoms with E-state index in [9.17, 15) is 14.0 Å². The molecule has 0 radical (unpaired) electrons. The maximum absolute atomic E-state index is 14.7. The van der Waals surface area contributed by atoms with Gasteiger partial charge in [-0.05, 0) is 51.8 Å². The molecule has 30 heavy (non-hydrogen) atoms. The van der Waals surface area contributed by atoms with Crippen molar-refractivity contribution in [2.75, 3.05) is 13.1 Å². The standard InChI is InChI=1S/C23H29FN4O2/c1-23(2,3)25-22(30)28(16-10-11-16)15-20(29)27-14-13-26-12-6-9-19(26)21(27)17-7-4-5-8-18(17)24/h4-9,12,16,21H,10-11,13-15H2,1-3H3,(H,25,30)/t21-/m0/s1. The lowest BCUT2D eigenvalue weighted by atomic mass is 9.99. The third-order valence-electron chi connectivity index (χ3n) is 5.59. The van der Waals surface area contributed by atoms with Gasteiger partial charge in [-0.15, -0.1) is 0 Å². The molecule has 2 aliphatic rings. The van der Waals surface area contributed by atoms with Crippen molar-refractivity contribution in [3.8, 4) is 0 Å². The number of halogens is 1. The average molecular weight is 413 g/mol. The van der Waals surface area contributed by atoms with Gasteiger partial charge in [0.25, 0.3) is 0 Å². The summed E-state index contributed by atoms with van der Waals surface area (Å²) in [6.07, 6.45) is 3.77. The van der Waals surface area contributed by atoms with Crippen molar-refractivity contribution in [3.05, 3.63) is 59.7 Å². The third-order valence-corrected chi connectivity index (χ3v) is 5.59. The van der Waals surface area contributed by atoms with Crippen LogP contribution in [0.3, 0.4) is 0 Å². The van der Waals surface area contributed by atoms with E-state index in [0.717, 1.165) is 18.5 Å². The number of hydrogen-bond donors (Lipinski definition) is 1. The Hall–Kier alpha value is -2.83. The van der Waals surface area contributed by atoms with Gasteiger partial charge in [0.15, 0.2) is 0 Å². The van der Waals surface area contributed by atoms with Crippen molar-refractivity contribution in [1.29, 1.82) is 0 Å². The second-order valence-corrected chi connectivity index (χ2v) is 9.18. The van der Waals surface area contributed by atoms with Gasteiger partial charge in [0.1, 0.15) is 18.4 Å². The van der Waals surface area contributed by atoms with Crippen LogP contribution in [-0.2, 0) is 11.3 Å². The first-order valence-corrected chi connectivity index (χ1v) is 10.5. The lowest BCUT2D eigenvalue weighted by Gasteiger charge is -2.39. The molecule has 0 spiro atoms. The highest BCUT2D eigenvalue weighted by Crippen LogP contribution is 2.34. The molecule has 1 aliphatic heterocycles. The predicted octanol–water partition coefficient (Wildman–Crippen LogP) is 3.53. The summed E-state index contributed by atoms with van der Waals surface area (Å²) in [6, 6.07) is 9.81. The van der Waals surface area contributed by atoms with Gasteiger partial charge in [-0.3, -0.25) is 4.79 Å². The zero-order valence-electron chi connectivity index (χ0n) is 17.8. The minimum Gasteiger partial charge on any atom is -0.348 e. The van der Waals surface area contributed by atoms with Gasteiger partial charge in [-0.2, -0.15) is 0 Å². The van der Waals surface area contributed by atoms with E-state index in [1.165, 1.54) is 6.07 Å². The molecule has 0 saturated heterocycles. The number of rotatable bonds is 4. The summed E-state index contributed by atoms with van der Waals surface area (Å²) in [4.78, 5) is 29.6. The first kappa shape index (κ1) is 20.4. The molecule has 1 aromatic heterocycles. The number of fused-ring (bicyclic) bond motifs is 1. The van der Waals surface area contributed by atoms with Crippen LogP contribution in [0.4, 0.5) is 9.18 Å². The van der Waals surface area contributed by atoms with Gasteiger partial charge in [0.2, 0.25) is 5.91 Å². The third kappa shape index (κ3) is 4.20. The van der Waals surface area contributed by atoms with Gasteiger partial charge in [0, 0.05) is 42.1 Å². The van der Waals surface area contributed by atoms with Crippen molar-refractivity contribution in [2.24, 2.45) is 0 Å². The minimum atomic E-state index is -0.505. The molecule has 1 fully saturated rings. The predicted molar refractivity (Wildman–Crippen MR) is 112 cm³/mol. The zero-order chi connectivity index (χ0) is 21.5. The SMILES string of the molecule is CC(C)(C)NC(=O)N(CC(=O)N1CCn2cccc2[C@@H]1c1ccccc1F)C1CC1. The summed E-state index contributed by atoms with van der Waals surface area (Å²) in [6.45, 7) is 6.88. The molecule has 2 aromatic rings. The Kier molecular flexibility index (Phi) is 5.30. The monoisotopic (exact) mass is 412 g/mol. The molecule has 1 N–H and O–H groups in total. The molecule has 160 valence electrons. The van der Waals surface area contributed by atoms with Crippen LogP contribution in [0.1, 0.15) is 50.9 Å². The van der Waals surface area contributed by atoms with Crippen molar-refractivity contribution in [1.82, 2.24) is 19.7 Å². The van der Waals surface area contributed by atoms with Crippen molar-refractivity contribution in [2.45, 2.75) is 57.8 Å². The van der Waals surface area contributed by atoms with Crippen LogP contribution < -0.4 is 5.32 Å². The zero-order valence-corrected chi connectivity index (χ0v) is 17.8. The van der Waals surface area contributed by atoms with Crippen LogP contribution >= 0.6 is 0 Å². The molecular weight excluding hydrogens is 383 g/mol. The van der Waals surface area contributed by atoms with E-state index in [4.69, 9.17) is 0 Å². The van der Waals surface area contributed by atoms with E-state index in [0.29, 0.717) is 18.7 Å². The first-order valence-electron chi connectivity index (χ1n) is 10.5. The summed E-state index contributed by atoms with van der Waals surface area (Å²) in [5.74, 6) is -0.494. The number of carbonyl (C=O) groups excluding carboxylic acids is 2. The first-order chi connectivity index (χ1) is 14.2. The fourth-order valence-corrected chi connectivity index (χ4v) is 4.06. The Bertz CT molecular complexity index is 945. The maximum atomic E-state index is 14.7. The molecule has 4 rings (SSSR count). The largest absolute Gasteiger partial charge is 0.348 e. The molecule has 1 aliphatic carbocycles. The molecule has 6 nitrogen and oxygen atoms in total. The fraction of sp³-hybridized carbons (Fsp3) is 0.478.